The van der Waals surface area contributed by atoms with Crippen LogP contribution in [0.1, 0.15) is 23.9 Å². The lowest BCUT2D eigenvalue weighted by atomic mass is 10.2. The zero-order chi connectivity index (χ0) is 11.7. The summed E-state index contributed by atoms with van der Waals surface area (Å²) in [5.74, 6) is 0.623. The van der Waals surface area contributed by atoms with E-state index in [9.17, 15) is 0 Å². The van der Waals surface area contributed by atoms with Crippen LogP contribution in [0.3, 0.4) is 0 Å². The van der Waals surface area contributed by atoms with Gasteiger partial charge in [0, 0.05) is 22.3 Å². The molecule has 0 fully saturated rings. The summed E-state index contributed by atoms with van der Waals surface area (Å²) < 4.78 is 0. The van der Waals surface area contributed by atoms with Crippen LogP contribution in [0, 0.1) is 13.8 Å². The molecule has 2 aromatic heterocycles. The van der Waals surface area contributed by atoms with Gasteiger partial charge in [-0.3, -0.25) is 0 Å². The highest BCUT2D eigenvalue weighted by Crippen LogP contribution is 2.24. The highest BCUT2D eigenvalue weighted by Gasteiger charge is 2.11. The molecule has 84 valence electrons. The zero-order valence-electron chi connectivity index (χ0n) is 9.41. The van der Waals surface area contributed by atoms with Crippen molar-refractivity contribution in [3.63, 3.8) is 0 Å². The first-order valence-corrected chi connectivity index (χ1v) is 6.33. The summed E-state index contributed by atoms with van der Waals surface area (Å²) in [5.41, 5.74) is 2.93. The van der Waals surface area contributed by atoms with Crippen molar-refractivity contribution < 1.29 is 0 Å². The third kappa shape index (κ3) is 2.08. The number of aromatic nitrogens is 3. The van der Waals surface area contributed by atoms with Gasteiger partial charge in [0.15, 0.2) is 10.8 Å². The van der Waals surface area contributed by atoms with E-state index in [0.717, 1.165) is 28.4 Å². The van der Waals surface area contributed by atoms with Crippen molar-refractivity contribution in [1.82, 2.24) is 15.0 Å². The van der Waals surface area contributed by atoms with Crippen LogP contribution in [0.15, 0.2) is 5.38 Å². The van der Waals surface area contributed by atoms with Crippen LogP contribution in [0.4, 0.5) is 0 Å². The van der Waals surface area contributed by atoms with E-state index >= 15 is 0 Å². The molecule has 0 aliphatic carbocycles. The molecule has 0 amide bonds. The van der Waals surface area contributed by atoms with Gasteiger partial charge in [-0.15, -0.1) is 11.3 Å². The van der Waals surface area contributed by atoms with Gasteiger partial charge in [-0.1, -0.05) is 18.5 Å². The second kappa shape index (κ2) is 4.47. The Morgan fingerprint density at radius 2 is 2.00 bits per heavy atom. The molecule has 0 saturated carbocycles. The minimum Gasteiger partial charge on any atom is -0.238 e. The first-order chi connectivity index (χ1) is 7.61. The average Bonchev–Trinajstić information content (AvgIpc) is 2.64. The van der Waals surface area contributed by atoms with Crippen LogP contribution >= 0.6 is 22.9 Å². The Hall–Kier alpha value is -1.00. The molecular weight excluding hydrogens is 242 g/mol. The lowest BCUT2D eigenvalue weighted by molar-refractivity contribution is 0.998. The third-order valence-electron chi connectivity index (χ3n) is 2.33. The summed E-state index contributed by atoms with van der Waals surface area (Å²) >= 11 is 7.66. The summed E-state index contributed by atoms with van der Waals surface area (Å²) in [7, 11) is 0. The second-order valence-corrected chi connectivity index (χ2v) is 4.77. The quantitative estimate of drug-likeness (QED) is 0.770. The van der Waals surface area contributed by atoms with Gasteiger partial charge in [0.25, 0.3) is 0 Å². The molecule has 0 aromatic carbocycles. The van der Waals surface area contributed by atoms with Gasteiger partial charge in [0.2, 0.25) is 0 Å². The van der Waals surface area contributed by atoms with Crippen LogP contribution in [-0.4, -0.2) is 15.0 Å². The molecule has 0 radical (unpaired) electrons. The van der Waals surface area contributed by atoms with E-state index < -0.39 is 0 Å². The van der Waals surface area contributed by atoms with Gasteiger partial charge in [0.05, 0.1) is 0 Å². The number of nitrogens with zero attached hydrogens (tertiary/aromatic N) is 3. The van der Waals surface area contributed by atoms with Crippen LogP contribution in [0.5, 0.6) is 0 Å². The van der Waals surface area contributed by atoms with E-state index in [0.29, 0.717) is 11.0 Å². The minimum atomic E-state index is 0.540. The van der Waals surface area contributed by atoms with Crippen LogP contribution in [-0.2, 0) is 6.42 Å². The molecule has 0 aliphatic heterocycles. The summed E-state index contributed by atoms with van der Waals surface area (Å²) in [6.07, 6.45) is 0.849. The van der Waals surface area contributed by atoms with Gasteiger partial charge in [0.1, 0.15) is 5.15 Å². The van der Waals surface area contributed by atoms with Gasteiger partial charge >= 0.3 is 0 Å². The normalized spacial score (nSPS) is 10.8. The number of hydrogen-bond acceptors (Lipinski definition) is 4. The Bertz CT molecular complexity index is 499. The Labute approximate surface area is 104 Å². The fourth-order valence-electron chi connectivity index (χ4n) is 1.52. The Morgan fingerprint density at radius 1 is 1.25 bits per heavy atom. The highest BCUT2D eigenvalue weighted by atomic mass is 35.5. The Kier molecular flexibility index (Phi) is 3.21. The molecule has 0 N–H and O–H groups in total. The molecule has 0 saturated heterocycles. The van der Waals surface area contributed by atoms with Gasteiger partial charge in [-0.05, 0) is 20.3 Å². The maximum absolute atomic E-state index is 6.12. The Balaban J connectivity index is 2.52. The van der Waals surface area contributed by atoms with E-state index in [4.69, 9.17) is 11.6 Å². The number of aryl methyl sites for hydroxylation is 2. The van der Waals surface area contributed by atoms with Gasteiger partial charge in [-0.25, -0.2) is 15.0 Å². The molecule has 3 nitrogen and oxygen atoms in total. The standard InChI is InChI=1S/C11H12ClN3S/c1-4-8-7(3)14-10(15-9(8)12)11-13-6(2)5-16-11/h5H,4H2,1-3H3. The molecule has 0 bridgehead atoms. The van der Waals surface area contributed by atoms with Crippen molar-refractivity contribution in [2.75, 3.05) is 0 Å². The van der Waals surface area contributed by atoms with Crippen molar-refractivity contribution in [2.24, 2.45) is 0 Å². The summed E-state index contributed by atoms with van der Waals surface area (Å²) in [6, 6.07) is 0. The predicted octanol–water partition coefficient (Wildman–Crippen LogP) is 3.43. The van der Waals surface area contributed by atoms with E-state index in [1.807, 2.05) is 26.2 Å². The first-order valence-electron chi connectivity index (χ1n) is 5.07. The van der Waals surface area contributed by atoms with Gasteiger partial charge in [-0.2, -0.15) is 0 Å². The zero-order valence-corrected chi connectivity index (χ0v) is 11.0. The molecule has 0 unspecified atom stereocenters. The first kappa shape index (κ1) is 11.5. The predicted molar refractivity (Wildman–Crippen MR) is 67.0 cm³/mol. The number of rotatable bonds is 2. The topological polar surface area (TPSA) is 38.7 Å². The number of hydrogen-bond donors (Lipinski definition) is 0. The van der Waals surface area contributed by atoms with Crippen molar-refractivity contribution >= 4 is 22.9 Å². The van der Waals surface area contributed by atoms with E-state index in [-0.39, 0.29) is 0 Å². The van der Waals surface area contributed by atoms with Crippen LogP contribution < -0.4 is 0 Å². The maximum atomic E-state index is 6.12. The molecule has 0 aliphatic rings. The maximum Gasteiger partial charge on any atom is 0.190 e. The molecule has 16 heavy (non-hydrogen) atoms. The van der Waals surface area contributed by atoms with Gasteiger partial charge < -0.3 is 0 Å². The van der Waals surface area contributed by atoms with E-state index in [2.05, 4.69) is 15.0 Å². The van der Waals surface area contributed by atoms with Crippen molar-refractivity contribution in [2.45, 2.75) is 27.2 Å². The summed E-state index contributed by atoms with van der Waals surface area (Å²) in [6.45, 7) is 5.95. The molecular formula is C11H12ClN3S. The molecule has 2 rings (SSSR count). The fourth-order valence-corrected chi connectivity index (χ4v) is 2.59. The molecule has 0 atom stereocenters. The SMILES string of the molecule is CCc1c(C)nc(-c2nc(C)cs2)nc1Cl. The van der Waals surface area contributed by atoms with Crippen molar-refractivity contribution in [3.05, 3.63) is 27.5 Å². The monoisotopic (exact) mass is 253 g/mol. The average molecular weight is 254 g/mol. The Morgan fingerprint density at radius 3 is 2.50 bits per heavy atom. The second-order valence-electron chi connectivity index (χ2n) is 3.55. The number of halogens is 1. The van der Waals surface area contributed by atoms with Crippen LogP contribution in [0.25, 0.3) is 10.8 Å². The third-order valence-corrected chi connectivity index (χ3v) is 3.60. The number of thiazole rings is 1. The molecule has 0 spiro atoms. The molecule has 2 heterocycles. The van der Waals surface area contributed by atoms with E-state index in [1.54, 1.807) is 0 Å². The lowest BCUT2D eigenvalue weighted by Crippen LogP contribution is -1.99. The summed E-state index contributed by atoms with van der Waals surface area (Å²) in [5, 5.41) is 3.35. The minimum absolute atomic E-state index is 0.540. The highest BCUT2D eigenvalue weighted by molar-refractivity contribution is 7.13. The van der Waals surface area contributed by atoms with Crippen molar-refractivity contribution in [1.29, 1.82) is 0 Å². The fraction of sp³-hybridized carbons (Fsp3) is 0.364. The lowest BCUT2D eigenvalue weighted by Gasteiger charge is -2.05. The molecule has 5 heteroatoms. The molecule has 2 aromatic rings. The summed E-state index contributed by atoms with van der Waals surface area (Å²) in [4.78, 5) is 13.1. The van der Waals surface area contributed by atoms with E-state index in [1.165, 1.54) is 11.3 Å². The smallest absolute Gasteiger partial charge is 0.190 e. The van der Waals surface area contributed by atoms with Crippen molar-refractivity contribution in [3.8, 4) is 10.8 Å². The largest absolute Gasteiger partial charge is 0.238 e. The van der Waals surface area contributed by atoms with Crippen LogP contribution in [0.2, 0.25) is 5.15 Å².